The zero-order chi connectivity index (χ0) is 13.7. The molecular formula is C16H19NO2. The van der Waals surface area contributed by atoms with Gasteiger partial charge in [0, 0.05) is 5.69 Å². The van der Waals surface area contributed by atoms with E-state index in [2.05, 4.69) is 5.32 Å². The highest BCUT2D eigenvalue weighted by molar-refractivity contribution is 5.48. The highest BCUT2D eigenvalue weighted by atomic mass is 16.5. The van der Waals surface area contributed by atoms with E-state index in [1.165, 1.54) is 0 Å². The molecule has 0 heterocycles. The van der Waals surface area contributed by atoms with Crippen molar-refractivity contribution in [2.45, 2.75) is 12.5 Å². The molecule has 0 saturated heterocycles. The van der Waals surface area contributed by atoms with E-state index in [1.54, 1.807) is 7.11 Å². The molecule has 1 unspecified atom stereocenters. The molecule has 100 valence electrons. The van der Waals surface area contributed by atoms with E-state index in [0.717, 1.165) is 17.0 Å². The molecular weight excluding hydrogens is 238 g/mol. The summed E-state index contributed by atoms with van der Waals surface area (Å²) in [6.45, 7) is 1.96. The molecule has 19 heavy (non-hydrogen) atoms. The third-order valence-corrected chi connectivity index (χ3v) is 3.22. The molecule has 0 fully saturated rings. The molecule has 0 aliphatic rings. The zero-order valence-corrected chi connectivity index (χ0v) is 11.3. The molecule has 0 amide bonds. The summed E-state index contributed by atoms with van der Waals surface area (Å²) in [5, 5.41) is 13.1. The fourth-order valence-corrected chi connectivity index (χ4v) is 2.01. The Morgan fingerprint density at radius 2 is 1.84 bits per heavy atom. The van der Waals surface area contributed by atoms with E-state index in [1.807, 2.05) is 61.5 Å². The summed E-state index contributed by atoms with van der Waals surface area (Å²) in [5.74, 6) is 0.784. The highest BCUT2D eigenvalue weighted by Gasteiger charge is 2.25. The van der Waals surface area contributed by atoms with Crippen molar-refractivity contribution in [2.24, 2.45) is 0 Å². The van der Waals surface area contributed by atoms with Gasteiger partial charge in [0.05, 0.1) is 19.3 Å². The maximum absolute atomic E-state index is 9.76. The van der Waals surface area contributed by atoms with Crippen LogP contribution < -0.4 is 10.1 Å². The zero-order valence-electron chi connectivity index (χ0n) is 11.3. The second-order valence-electron chi connectivity index (χ2n) is 4.71. The Labute approximate surface area is 113 Å². The SMILES string of the molecule is COc1cccc(C(C)(CO)Nc2ccccc2)c1. The standard InChI is InChI=1S/C16H19NO2/c1-16(12-18,17-14-8-4-3-5-9-14)13-7-6-10-15(11-13)19-2/h3-11,17-18H,12H2,1-2H3. The maximum Gasteiger partial charge on any atom is 0.119 e. The summed E-state index contributed by atoms with van der Waals surface area (Å²) in [7, 11) is 1.64. The minimum Gasteiger partial charge on any atom is -0.497 e. The molecule has 0 aliphatic heterocycles. The van der Waals surface area contributed by atoms with Crippen molar-refractivity contribution in [1.82, 2.24) is 0 Å². The molecule has 3 heteroatoms. The monoisotopic (exact) mass is 257 g/mol. The van der Waals surface area contributed by atoms with Crippen LogP contribution in [0.2, 0.25) is 0 Å². The van der Waals surface area contributed by atoms with Gasteiger partial charge < -0.3 is 15.2 Å². The predicted octanol–water partition coefficient (Wildman–Crippen LogP) is 3.01. The fraction of sp³-hybridized carbons (Fsp3) is 0.250. The van der Waals surface area contributed by atoms with E-state index in [-0.39, 0.29) is 6.61 Å². The van der Waals surface area contributed by atoms with Gasteiger partial charge in [0.2, 0.25) is 0 Å². The Balaban J connectivity index is 2.30. The second kappa shape index (κ2) is 5.76. The number of anilines is 1. The quantitative estimate of drug-likeness (QED) is 0.865. The summed E-state index contributed by atoms with van der Waals surface area (Å²) >= 11 is 0. The van der Waals surface area contributed by atoms with Gasteiger partial charge in [-0.1, -0.05) is 30.3 Å². The Morgan fingerprint density at radius 1 is 1.11 bits per heavy atom. The lowest BCUT2D eigenvalue weighted by atomic mass is 9.92. The first-order valence-corrected chi connectivity index (χ1v) is 6.26. The largest absolute Gasteiger partial charge is 0.497 e. The molecule has 0 aliphatic carbocycles. The highest BCUT2D eigenvalue weighted by Crippen LogP contribution is 2.28. The Morgan fingerprint density at radius 3 is 2.47 bits per heavy atom. The number of nitrogens with one attached hydrogen (secondary N) is 1. The number of aliphatic hydroxyl groups is 1. The number of para-hydroxylation sites is 1. The first kappa shape index (κ1) is 13.4. The Bertz CT molecular complexity index is 527. The normalized spacial score (nSPS) is 13.6. The van der Waals surface area contributed by atoms with E-state index in [0.29, 0.717) is 0 Å². The lowest BCUT2D eigenvalue weighted by Gasteiger charge is -2.30. The van der Waals surface area contributed by atoms with Gasteiger partial charge in [0.25, 0.3) is 0 Å². The number of aliphatic hydroxyl groups excluding tert-OH is 1. The van der Waals surface area contributed by atoms with E-state index in [9.17, 15) is 5.11 Å². The second-order valence-corrected chi connectivity index (χ2v) is 4.71. The number of benzene rings is 2. The number of methoxy groups -OCH3 is 1. The lowest BCUT2D eigenvalue weighted by molar-refractivity contribution is 0.223. The number of ether oxygens (including phenoxy) is 1. The maximum atomic E-state index is 9.76. The fourth-order valence-electron chi connectivity index (χ4n) is 2.01. The average Bonchev–Trinajstić information content (AvgIpc) is 2.48. The molecule has 3 nitrogen and oxygen atoms in total. The van der Waals surface area contributed by atoms with Crippen LogP contribution in [0, 0.1) is 0 Å². The molecule has 2 rings (SSSR count). The topological polar surface area (TPSA) is 41.5 Å². The summed E-state index contributed by atoms with van der Waals surface area (Å²) in [4.78, 5) is 0. The minimum absolute atomic E-state index is 0.00490. The molecule has 2 aromatic carbocycles. The molecule has 0 saturated carbocycles. The summed E-state index contributed by atoms with van der Waals surface area (Å²) in [6.07, 6.45) is 0. The van der Waals surface area contributed by atoms with Crippen LogP contribution in [0.1, 0.15) is 12.5 Å². The van der Waals surface area contributed by atoms with Gasteiger partial charge in [-0.15, -0.1) is 0 Å². The van der Waals surface area contributed by atoms with Gasteiger partial charge in [-0.25, -0.2) is 0 Å². The molecule has 0 spiro atoms. The summed E-state index contributed by atoms with van der Waals surface area (Å²) in [6, 6.07) is 17.6. The minimum atomic E-state index is -0.546. The van der Waals surface area contributed by atoms with Crippen LogP contribution >= 0.6 is 0 Å². The lowest BCUT2D eigenvalue weighted by Crippen LogP contribution is -2.35. The molecule has 2 N–H and O–H groups in total. The summed E-state index contributed by atoms with van der Waals surface area (Å²) < 4.78 is 5.24. The van der Waals surface area contributed by atoms with Crippen molar-refractivity contribution < 1.29 is 9.84 Å². The van der Waals surface area contributed by atoms with Gasteiger partial charge in [-0.05, 0) is 36.8 Å². The van der Waals surface area contributed by atoms with Crippen molar-refractivity contribution in [3.63, 3.8) is 0 Å². The Kier molecular flexibility index (Phi) is 4.07. The van der Waals surface area contributed by atoms with Gasteiger partial charge in [-0.3, -0.25) is 0 Å². The number of hydrogen-bond acceptors (Lipinski definition) is 3. The molecule has 0 radical (unpaired) electrons. The first-order valence-electron chi connectivity index (χ1n) is 6.26. The van der Waals surface area contributed by atoms with Crippen LogP contribution in [0.3, 0.4) is 0 Å². The van der Waals surface area contributed by atoms with Crippen LogP contribution in [0.15, 0.2) is 54.6 Å². The third kappa shape index (κ3) is 3.06. The van der Waals surface area contributed by atoms with Crippen LogP contribution in [-0.4, -0.2) is 18.8 Å². The van der Waals surface area contributed by atoms with E-state index >= 15 is 0 Å². The van der Waals surface area contributed by atoms with Crippen molar-refractivity contribution in [2.75, 3.05) is 19.0 Å². The summed E-state index contributed by atoms with van der Waals surface area (Å²) in [5.41, 5.74) is 1.41. The van der Waals surface area contributed by atoms with Gasteiger partial charge in [0.1, 0.15) is 5.75 Å². The van der Waals surface area contributed by atoms with Crippen molar-refractivity contribution in [1.29, 1.82) is 0 Å². The molecule has 0 bridgehead atoms. The third-order valence-electron chi connectivity index (χ3n) is 3.22. The van der Waals surface area contributed by atoms with Crippen LogP contribution in [-0.2, 0) is 5.54 Å². The van der Waals surface area contributed by atoms with Gasteiger partial charge in [0.15, 0.2) is 0 Å². The van der Waals surface area contributed by atoms with Crippen LogP contribution in [0.4, 0.5) is 5.69 Å². The van der Waals surface area contributed by atoms with Gasteiger partial charge in [-0.2, -0.15) is 0 Å². The molecule has 1 atom stereocenters. The van der Waals surface area contributed by atoms with E-state index < -0.39 is 5.54 Å². The van der Waals surface area contributed by atoms with Crippen LogP contribution in [0.5, 0.6) is 5.75 Å². The van der Waals surface area contributed by atoms with Gasteiger partial charge >= 0.3 is 0 Å². The molecule has 2 aromatic rings. The average molecular weight is 257 g/mol. The predicted molar refractivity (Wildman–Crippen MR) is 77.5 cm³/mol. The number of hydrogen-bond donors (Lipinski definition) is 2. The van der Waals surface area contributed by atoms with Crippen LogP contribution in [0.25, 0.3) is 0 Å². The smallest absolute Gasteiger partial charge is 0.119 e. The van der Waals surface area contributed by atoms with E-state index in [4.69, 9.17) is 4.74 Å². The van der Waals surface area contributed by atoms with Crippen molar-refractivity contribution in [3.8, 4) is 5.75 Å². The Hall–Kier alpha value is -2.00. The van der Waals surface area contributed by atoms with Crippen molar-refractivity contribution >= 4 is 5.69 Å². The van der Waals surface area contributed by atoms with Crippen molar-refractivity contribution in [3.05, 3.63) is 60.2 Å². The number of rotatable bonds is 5. The molecule has 0 aromatic heterocycles. The first-order chi connectivity index (χ1) is 9.18.